The second kappa shape index (κ2) is 10.2. The lowest BCUT2D eigenvalue weighted by molar-refractivity contribution is -0.118. The zero-order valence-electron chi connectivity index (χ0n) is 10.9. The van der Waals surface area contributed by atoms with Gasteiger partial charge in [0.25, 0.3) is 0 Å². The lowest BCUT2D eigenvalue weighted by atomic mass is 10.3. The molecule has 20 heavy (non-hydrogen) atoms. The second-order valence-electron chi connectivity index (χ2n) is 4.09. The van der Waals surface area contributed by atoms with Crippen LogP contribution in [0.2, 0.25) is 0 Å². The van der Waals surface area contributed by atoms with Gasteiger partial charge in [0.05, 0.1) is 18.2 Å². The van der Waals surface area contributed by atoms with Crippen molar-refractivity contribution in [3.05, 3.63) is 24.4 Å². The fourth-order valence-electron chi connectivity index (χ4n) is 1.77. The molecule has 1 amide bonds. The van der Waals surface area contributed by atoms with Crippen molar-refractivity contribution in [1.82, 2.24) is 9.88 Å². The summed E-state index contributed by atoms with van der Waals surface area (Å²) in [4.78, 5) is 17.9. The highest BCUT2D eigenvalue weighted by Gasteiger charge is 2.22. The van der Waals surface area contributed by atoms with Crippen molar-refractivity contribution in [2.75, 3.05) is 32.8 Å². The summed E-state index contributed by atoms with van der Waals surface area (Å²) in [5, 5.41) is 0.563. The predicted molar refractivity (Wildman–Crippen MR) is 84.8 cm³/mol. The number of rotatable bonds is 5. The number of carbonyl (C=O) groups is 1. The topological polar surface area (TPSA) is 68.5 Å². The summed E-state index contributed by atoms with van der Waals surface area (Å²) in [5.41, 5.74) is 5.46. The van der Waals surface area contributed by atoms with E-state index in [0.717, 1.165) is 31.3 Å². The van der Waals surface area contributed by atoms with E-state index >= 15 is 0 Å². The fourth-order valence-corrected chi connectivity index (χ4v) is 2.74. The molecule has 0 saturated carbocycles. The monoisotopic (exact) mass is 339 g/mol. The molecule has 0 radical (unpaired) electrons. The molecule has 0 aromatic carbocycles. The van der Waals surface area contributed by atoms with Crippen LogP contribution in [0.3, 0.4) is 0 Å². The highest BCUT2D eigenvalue weighted by molar-refractivity contribution is 8.00. The lowest BCUT2D eigenvalue weighted by Gasteiger charge is -2.28. The van der Waals surface area contributed by atoms with Crippen LogP contribution in [0.1, 0.15) is 0 Å². The predicted octanol–water partition coefficient (Wildman–Crippen LogP) is 1.20. The Bertz CT molecular complexity index is 392. The van der Waals surface area contributed by atoms with Crippen molar-refractivity contribution in [2.24, 2.45) is 5.73 Å². The van der Waals surface area contributed by atoms with E-state index in [9.17, 15) is 4.79 Å². The van der Waals surface area contributed by atoms with Crippen LogP contribution in [-0.4, -0.2) is 53.9 Å². The number of aromatic nitrogens is 1. The first-order valence-corrected chi connectivity index (χ1v) is 6.81. The lowest BCUT2D eigenvalue weighted by Crippen LogP contribution is -2.43. The Hall–Kier alpha value is -0.530. The molecule has 0 aliphatic carbocycles. The van der Waals surface area contributed by atoms with E-state index in [1.54, 1.807) is 6.20 Å². The zero-order valence-corrected chi connectivity index (χ0v) is 13.4. The van der Waals surface area contributed by atoms with Gasteiger partial charge in [0.15, 0.2) is 0 Å². The maximum Gasteiger partial charge on any atom is 0.232 e. The molecule has 5 nitrogen and oxygen atoms in total. The molecule has 1 aliphatic heterocycles. The van der Waals surface area contributed by atoms with Crippen LogP contribution in [0.4, 0.5) is 0 Å². The Morgan fingerprint density at radius 1 is 1.40 bits per heavy atom. The second-order valence-corrected chi connectivity index (χ2v) is 5.31. The first kappa shape index (κ1) is 19.5. The average molecular weight is 340 g/mol. The number of carbonyl (C=O) groups excluding carboxylic acids is 1. The van der Waals surface area contributed by atoms with Gasteiger partial charge in [-0.2, -0.15) is 0 Å². The summed E-state index contributed by atoms with van der Waals surface area (Å²) in [6.07, 6.45) is 1.72. The average Bonchev–Trinajstić information content (AvgIpc) is 2.40. The standard InChI is InChI=1S/C12H17N3O2S.2ClH/c13-12(16)10(9-15-5-7-17-8-6-15)18-11-3-1-2-4-14-11;;/h1-4,10H,5-9H2,(H2,13,16);2*1H. The number of hydrogen-bond donors (Lipinski definition) is 1. The first-order valence-electron chi connectivity index (χ1n) is 5.93. The van der Waals surface area contributed by atoms with Crippen molar-refractivity contribution >= 4 is 42.5 Å². The van der Waals surface area contributed by atoms with Gasteiger partial charge in [-0.05, 0) is 12.1 Å². The van der Waals surface area contributed by atoms with E-state index in [-0.39, 0.29) is 36.0 Å². The highest BCUT2D eigenvalue weighted by atomic mass is 35.5. The molecular formula is C12H19Cl2N3O2S. The van der Waals surface area contributed by atoms with Gasteiger partial charge >= 0.3 is 0 Å². The number of primary amides is 1. The minimum absolute atomic E-state index is 0. The van der Waals surface area contributed by atoms with E-state index in [1.807, 2.05) is 18.2 Å². The van der Waals surface area contributed by atoms with Gasteiger partial charge in [-0.3, -0.25) is 9.69 Å². The van der Waals surface area contributed by atoms with Crippen LogP contribution in [0, 0.1) is 0 Å². The molecule has 1 fully saturated rings. The Balaban J connectivity index is 0.00000180. The SMILES string of the molecule is Cl.Cl.NC(=O)C(CN1CCOCC1)Sc1ccccn1. The number of ether oxygens (including phenoxy) is 1. The summed E-state index contributed by atoms with van der Waals surface area (Å²) in [6, 6.07) is 5.65. The van der Waals surface area contributed by atoms with Gasteiger partial charge < -0.3 is 10.5 Å². The molecule has 2 N–H and O–H groups in total. The Labute approximate surface area is 135 Å². The third-order valence-corrected chi connectivity index (χ3v) is 3.89. The molecule has 114 valence electrons. The summed E-state index contributed by atoms with van der Waals surface area (Å²) >= 11 is 1.42. The molecule has 1 aromatic rings. The molecule has 2 rings (SSSR count). The van der Waals surface area contributed by atoms with Crippen LogP contribution >= 0.6 is 36.6 Å². The van der Waals surface area contributed by atoms with Crippen LogP contribution in [-0.2, 0) is 9.53 Å². The molecular weight excluding hydrogens is 321 g/mol. The number of morpholine rings is 1. The number of nitrogens with two attached hydrogens (primary N) is 1. The number of nitrogens with zero attached hydrogens (tertiary/aromatic N) is 2. The van der Waals surface area contributed by atoms with Gasteiger partial charge in [0.2, 0.25) is 5.91 Å². The first-order chi connectivity index (χ1) is 8.75. The van der Waals surface area contributed by atoms with Crippen molar-refractivity contribution < 1.29 is 9.53 Å². The van der Waals surface area contributed by atoms with Gasteiger partial charge in [-0.15, -0.1) is 24.8 Å². The summed E-state index contributed by atoms with van der Waals surface area (Å²) < 4.78 is 5.28. The minimum atomic E-state index is -0.294. The number of halogens is 2. The van der Waals surface area contributed by atoms with Crippen LogP contribution in [0.25, 0.3) is 0 Å². The molecule has 1 saturated heterocycles. The Morgan fingerprint density at radius 2 is 2.10 bits per heavy atom. The minimum Gasteiger partial charge on any atom is -0.379 e. The summed E-state index contributed by atoms with van der Waals surface area (Å²) in [6.45, 7) is 3.80. The maximum absolute atomic E-state index is 11.5. The largest absolute Gasteiger partial charge is 0.379 e. The van der Waals surface area contributed by atoms with Gasteiger partial charge in [0, 0.05) is 25.8 Å². The van der Waals surface area contributed by atoms with Crippen LogP contribution < -0.4 is 5.73 Å². The third-order valence-electron chi connectivity index (χ3n) is 2.75. The van der Waals surface area contributed by atoms with Crippen molar-refractivity contribution in [3.63, 3.8) is 0 Å². The quantitative estimate of drug-likeness (QED) is 0.816. The van der Waals surface area contributed by atoms with Crippen molar-refractivity contribution in [3.8, 4) is 0 Å². The molecule has 1 aliphatic rings. The summed E-state index contributed by atoms with van der Waals surface area (Å²) in [5.74, 6) is -0.294. The Kier molecular flexibility index (Phi) is 9.96. The van der Waals surface area contributed by atoms with Gasteiger partial charge in [-0.1, -0.05) is 17.8 Å². The Morgan fingerprint density at radius 3 is 2.65 bits per heavy atom. The third kappa shape index (κ3) is 6.28. The molecule has 1 aromatic heterocycles. The number of hydrogen-bond acceptors (Lipinski definition) is 5. The maximum atomic E-state index is 11.5. The van der Waals surface area contributed by atoms with E-state index in [2.05, 4.69) is 9.88 Å². The molecule has 0 bridgehead atoms. The smallest absolute Gasteiger partial charge is 0.232 e. The van der Waals surface area contributed by atoms with Gasteiger partial charge in [0.1, 0.15) is 5.25 Å². The normalized spacial score (nSPS) is 16.6. The van der Waals surface area contributed by atoms with Crippen molar-refractivity contribution in [1.29, 1.82) is 0 Å². The van der Waals surface area contributed by atoms with Crippen LogP contribution in [0.15, 0.2) is 29.4 Å². The van der Waals surface area contributed by atoms with Gasteiger partial charge in [-0.25, -0.2) is 4.98 Å². The van der Waals surface area contributed by atoms with E-state index < -0.39 is 0 Å². The highest BCUT2D eigenvalue weighted by Crippen LogP contribution is 2.21. The van der Waals surface area contributed by atoms with E-state index in [1.165, 1.54) is 11.8 Å². The number of amides is 1. The number of pyridine rings is 1. The van der Waals surface area contributed by atoms with E-state index in [0.29, 0.717) is 6.54 Å². The van der Waals surface area contributed by atoms with Crippen LogP contribution in [0.5, 0.6) is 0 Å². The molecule has 0 spiro atoms. The number of thioether (sulfide) groups is 1. The van der Waals surface area contributed by atoms with E-state index in [4.69, 9.17) is 10.5 Å². The fraction of sp³-hybridized carbons (Fsp3) is 0.500. The molecule has 2 heterocycles. The molecule has 8 heteroatoms. The molecule has 1 unspecified atom stereocenters. The summed E-state index contributed by atoms with van der Waals surface area (Å²) in [7, 11) is 0. The molecule has 1 atom stereocenters. The van der Waals surface area contributed by atoms with Crippen molar-refractivity contribution in [2.45, 2.75) is 10.3 Å². The zero-order chi connectivity index (χ0) is 12.8.